The molecule has 1 amide bonds. The number of carbonyl (C=O) groups excluding carboxylic acids is 2. The third-order valence-corrected chi connectivity index (χ3v) is 2.12. The lowest BCUT2D eigenvalue weighted by molar-refractivity contribution is -0.142. The van der Waals surface area contributed by atoms with Gasteiger partial charge in [0.15, 0.2) is 0 Å². The van der Waals surface area contributed by atoms with Crippen molar-refractivity contribution in [2.75, 3.05) is 7.11 Å². The first kappa shape index (κ1) is 15.2. The fraction of sp³-hybridized carbons (Fsp3) is 0.800. The third-order valence-electron chi connectivity index (χ3n) is 1.59. The molecule has 0 fully saturated rings. The maximum absolute atomic E-state index is 11.4. The van der Waals surface area contributed by atoms with Crippen LogP contribution in [0.25, 0.3) is 0 Å². The van der Waals surface area contributed by atoms with Gasteiger partial charge in [-0.25, -0.2) is 9.59 Å². The lowest BCUT2D eigenvalue weighted by Gasteiger charge is -2.23. The van der Waals surface area contributed by atoms with E-state index in [0.717, 1.165) is 0 Å². The molecule has 0 aromatic heterocycles. The van der Waals surface area contributed by atoms with E-state index in [9.17, 15) is 9.59 Å². The highest BCUT2D eigenvalue weighted by Gasteiger charge is 2.28. The zero-order valence-corrected chi connectivity index (χ0v) is 11.8. The van der Waals surface area contributed by atoms with Crippen LogP contribution in [0.15, 0.2) is 0 Å². The molecule has 0 bridgehead atoms. The number of ether oxygens (including phenoxy) is 2. The van der Waals surface area contributed by atoms with Gasteiger partial charge in [0.2, 0.25) is 0 Å². The SMILES string of the molecule is COC(=O)[C@@H](NC(=O)OC(C)(C)C)[C@@H](C)Br. The van der Waals surface area contributed by atoms with Crippen molar-refractivity contribution < 1.29 is 19.1 Å². The minimum Gasteiger partial charge on any atom is -0.467 e. The van der Waals surface area contributed by atoms with Gasteiger partial charge in [-0.05, 0) is 20.8 Å². The van der Waals surface area contributed by atoms with Gasteiger partial charge in [0.1, 0.15) is 11.6 Å². The molecule has 0 aromatic rings. The predicted molar refractivity (Wildman–Crippen MR) is 63.6 cm³/mol. The summed E-state index contributed by atoms with van der Waals surface area (Å²) in [6, 6.07) is -0.764. The number of carbonyl (C=O) groups is 2. The maximum Gasteiger partial charge on any atom is 0.408 e. The molecule has 0 heterocycles. The van der Waals surface area contributed by atoms with Crippen LogP contribution >= 0.6 is 15.9 Å². The number of rotatable bonds is 3. The van der Waals surface area contributed by atoms with Gasteiger partial charge in [0, 0.05) is 4.83 Å². The quantitative estimate of drug-likeness (QED) is 0.637. The predicted octanol–water partition coefficient (Wildman–Crippen LogP) is 1.84. The number of nitrogens with one attached hydrogen (secondary N) is 1. The lowest BCUT2D eigenvalue weighted by atomic mass is 10.2. The van der Waals surface area contributed by atoms with Gasteiger partial charge in [-0.15, -0.1) is 0 Å². The zero-order chi connectivity index (χ0) is 12.9. The molecular formula is C10H18BrNO4. The average molecular weight is 296 g/mol. The summed E-state index contributed by atoms with van der Waals surface area (Å²) in [5.41, 5.74) is -0.597. The lowest BCUT2D eigenvalue weighted by Crippen LogP contribution is -2.48. The summed E-state index contributed by atoms with van der Waals surface area (Å²) >= 11 is 3.22. The molecule has 2 atom stereocenters. The topological polar surface area (TPSA) is 64.6 Å². The van der Waals surface area contributed by atoms with Crippen LogP contribution in [0.5, 0.6) is 0 Å². The highest BCUT2D eigenvalue weighted by Crippen LogP contribution is 2.10. The van der Waals surface area contributed by atoms with Gasteiger partial charge in [-0.3, -0.25) is 0 Å². The Morgan fingerprint density at radius 2 is 1.81 bits per heavy atom. The van der Waals surface area contributed by atoms with E-state index in [2.05, 4.69) is 26.0 Å². The monoisotopic (exact) mass is 295 g/mol. The van der Waals surface area contributed by atoms with E-state index in [1.807, 2.05) is 0 Å². The first-order valence-corrected chi connectivity index (χ1v) is 5.80. The molecular weight excluding hydrogens is 278 g/mol. The Labute approximate surface area is 104 Å². The van der Waals surface area contributed by atoms with E-state index >= 15 is 0 Å². The summed E-state index contributed by atoms with van der Waals surface area (Å²) in [7, 11) is 1.27. The molecule has 0 radical (unpaired) electrons. The van der Waals surface area contributed by atoms with E-state index in [1.165, 1.54) is 7.11 Å². The second-order valence-electron chi connectivity index (χ2n) is 4.32. The van der Waals surface area contributed by atoms with Gasteiger partial charge in [-0.1, -0.05) is 22.9 Å². The number of esters is 1. The van der Waals surface area contributed by atoms with Crippen LogP contribution in [-0.2, 0) is 14.3 Å². The van der Waals surface area contributed by atoms with E-state index in [1.54, 1.807) is 27.7 Å². The number of halogens is 1. The fourth-order valence-electron chi connectivity index (χ4n) is 0.923. The Balaban J connectivity index is 4.42. The Morgan fingerprint density at radius 1 is 1.31 bits per heavy atom. The standard InChI is InChI=1S/C10H18BrNO4/c1-6(11)7(8(13)15-5)12-9(14)16-10(2,3)4/h6-7H,1-5H3,(H,12,14)/t6-,7+/m1/s1. The van der Waals surface area contributed by atoms with Crippen LogP contribution in [0.3, 0.4) is 0 Å². The molecule has 0 aliphatic carbocycles. The van der Waals surface area contributed by atoms with Crippen molar-refractivity contribution >= 4 is 28.0 Å². The zero-order valence-electron chi connectivity index (χ0n) is 10.2. The van der Waals surface area contributed by atoms with Gasteiger partial charge < -0.3 is 14.8 Å². The van der Waals surface area contributed by atoms with Crippen LogP contribution in [0.4, 0.5) is 4.79 Å². The van der Waals surface area contributed by atoms with Gasteiger partial charge >= 0.3 is 12.1 Å². The summed E-state index contributed by atoms with van der Waals surface area (Å²) in [5.74, 6) is -0.518. The summed E-state index contributed by atoms with van der Waals surface area (Å²) in [4.78, 5) is 22.5. The molecule has 0 rings (SSSR count). The molecule has 1 N–H and O–H groups in total. The summed E-state index contributed by atoms with van der Waals surface area (Å²) in [6.45, 7) is 6.98. The Kier molecular flexibility index (Phi) is 5.78. The summed E-state index contributed by atoms with van der Waals surface area (Å²) in [5, 5.41) is 2.44. The first-order valence-electron chi connectivity index (χ1n) is 4.89. The van der Waals surface area contributed by atoms with Crippen molar-refractivity contribution in [3.05, 3.63) is 0 Å². The van der Waals surface area contributed by atoms with E-state index < -0.39 is 23.7 Å². The Hall–Kier alpha value is -0.780. The Morgan fingerprint density at radius 3 is 2.12 bits per heavy atom. The number of amides is 1. The van der Waals surface area contributed by atoms with Crippen LogP contribution < -0.4 is 5.32 Å². The largest absolute Gasteiger partial charge is 0.467 e. The smallest absolute Gasteiger partial charge is 0.408 e. The van der Waals surface area contributed by atoms with Crippen molar-refractivity contribution in [2.45, 2.75) is 44.2 Å². The molecule has 0 aromatic carbocycles. The van der Waals surface area contributed by atoms with Crippen LogP contribution in [0, 0.1) is 0 Å². The molecule has 94 valence electrons. The van der Waals surface area contributed by atoms with Crippen LogP contribution in [0.2, 0.25) is 0 Å². The van der Waals surface area contributed by atoms with Gasteiger partial charge in [0.05, 0.1) is 7.11 Å². The second-order valence-corrected chi connectivity index (χ2v) is 5.77. The molecule has 0 saturated heterocycles. The third kappa shape index (κ3) is 5.95. The number of methoxy groups -OCH3 is 1. The molecule has 0 spiro atoms. The second kappa shape index (κ2) is 6.08. The molecule has 6 heteroatoms. The van der Waals surface area contributed by atoms with Crippen molar-refractivity contribution in [3.63, 3.8) is 0 Å². The van der Waals surface area contributed by atoms with E-state index in [-0.39, 0.29) is 4.83 Å². The number of hydrogen-bond acceptors (Lipinski definition) is 4. The number of alkyl carbamates (subject to hydrolysis) is 1. The molecule has 0 aliphatic rings. The van der Waals surface area contributed by atoms with E-state index in [4.69, 9.17) is 4.74 Å². The summed E-state index contributed by atoms with van der Waals surface area (Å²) in [6.07, 6.45) is -0.644. The Bertz CT molecular complexity index is 260. The summed E-state index contributed by atoms with van der Waals surface area (Å²) < 4.78 is 9.60. The van der Waals surface area contributed by atoms with Crippen LogP contribution in [-0.4, -0.2) is 35.6 Å². The van der Waals surface area contributed by atoms with E-state index in [0.29, 0.717) is 0 Å². The van der Waals surface area contributed by atoms with Gasteiger partial charge in [0.25, 0.3) is 0 Å². The molecule has 0 saturated carbocycles. The average Bonchev–Trinajstić information content (AvgIpc) is 2.09. The van der Waals surface area contributed by atoms with Crippen LogP contribution in [0.1, 0.15) is 27.7 Å². The van der Waals surface area contributed by atoms with Crippen molar-refractivity contribution in [1.82, 2.24) is 5.32 Å². The fourth-order valence-corrected chi connectivity index (χ4v) is 1.27. The van der Waals surface area contributed by atoms with Crippen molar-refractivity contribution in [1.29, 1.82) is 0 Å². The molecule has 5 nitrogen and oxygen atoms in total. The first-order chi connectivity index (χ1) is 7.17. The molecule has 0 aliphatic heterocycles. The minimum atomic E-state index is -0.764. The highest BCUT2D eigenvalue weighted by atomic mass is 79.9. The number of alkyl halides is 1. The minimum absolute atomic E-state index is 0.243. The van der Waals surface area contributed by atoms with Gasteiger partial charge in [-0.2, -0.15) is 0 Å². The molecule has 0 unspecified atom stereocenters. The number of hydrogen-bond donors (Lipinski definition) is 1. The van der Waals surface area contributed by atoms with Crippen molar-refractivity contribution in [2.24, 2.45) is 0 Å². The normalized spacial score (nSPS) is 14.9. The highest BCUT2D eigenvalue weighted by molar-refractivity contribution is 9.09. The maximum atomic E-state index is 11.4. The molecule has 16 heavy (non-hydrogen) atoms. The van der Waals surface area contributed by atoms with Crippen molar-refractivity contribution in [3.8, 4) is 0 Å².